The van der Waals surface area contributed by atoms with Crippen molar-refractivity contribution < 1.29 is 4.79 Å². The summed E-state index contributed by atoms with van der Waals surface area (Å²) in [5.74, 6) is 0.503. The Morgan fingerprint density at radius 3 is 2.23 bits per heavy atom. The first-order valence-electron chi connectivity index (χ1n) is 5.22. The summed E-state index contributed by atoms with van der Waals surface area (Å²) in [5.41, 5.74) is 6.02. The zero-order valence-corrected chi connectivity index (χ0v) is 8.97. The molecular formula is C11H21NO. The molecule has 0 aliphatic heterocycles. The molecular weight excluding hydrogens is 162 g/mol. The van der Waals surface area contributed by atoms with Crippen LogP contribution in [0.2, 0.25) is 0 Å². The van der Waals surface area contributed by atoms with Crippen LogP contribution in [0, 0.1) is 11.3 Å². The highest BCUT2D eigenvalue weighted by Gasteiger charge is 2.31. The van der Waals surface area contributed by atoms with Crippen molar-refractivity contribution >= 4 is 5.78 Å². The number of ketones is 1. The molecule has 0 radical (unpaired) electrons. The SMILES string of the molecule is CC(N)C(=O)C1CCC(C)(C)CC1. The van der Waals surface area contributed by atoms with Crippen LogP contribution in [0.1, 0.15) is 46.5 Å². The molecule has 0 bridgehead atoms. The third-order valence-corrected chi connectivity index (χ3v) is 3.19. The minimum atomic E-state index is -0.272. The summed E-state index contributed by atoms with van der Waals surface area (Å²) in [7, 11) is 0. The van der Waals surface area contributed by atoms with Gasteiger partial charge in [0.2, 0.25) is 0 Å². The predicted octanol–water partition coefficient (Wildman–Crippen LogP) is 2.12. The number of hydrogen-bond donors (Lipinski definition) is 1. The minimum Gasteiger partial charge on any atom is -0.322 e. The molecule has 0 aromatic rings. The van der Waals surface area contributed by atoms with Gasteiger partial charge in [-0.2, -0.15) is 0 Å². The van der Waals surface area contributed by atoms with Crippen LogP contribution in [-0.4, -0.2) is 11.8 Å². The van der Waals surface area contributed by atoms with E-state index in [1.165, 1.54) is 0 Å². The molecule has 1 atom stereocenters. The standard InChI is InChI=1S/C11H21NO/c1-8(12)10(13)9-4-6-11(2,3)7-5-9/h8-9H,4-7,12H2,1-3H3. The average Bonchev–Trinajstić information content (AvgIpc) is 2.03. The fourth-order valence-electron chi connectivity index (χ4n) is 2.06. The van der Waals surface area contributed by atoms with Gasteiger partial charge in [0.1, 0.15) is 0 Å². The third-order valence-electron chi connectivity index (χ3n) is 3.19. The second-order valence-corrected chi connectivity index (χ2v) is 5.13. The van der Waals surface area contributed by atoms with Crippen molar-refractivity contribution in [2.75, 3.05) is 0 Å². The highest BCUT2D eigenvalue weighted by atomic mass is 16.1. The maximum atomic E-state index is 11.6. The van der Waals surface area contributed by atoms with Gasteiger partial charge in [0.25, 0.3) is 0 Å². The lowest BCUT2D eigenvalue weighted by Crippen LogP contribution is -2.36. The van der Waals surface area contributed by atoms with E-state index < -0.39 is 0 Å². The maximum Gasteiger partial charge on any atom is 0.152 e. The Morgan fingerprint density at radius 2 is 1.85 bits per heavy atom. The van der Waals surface area contributed by atoms with Crippen LogP contribution in [-0.2, 0) is 4.79 Å². The van der Waals surface area contributed by atoms with E-state index in [0.717, 1.165) is 25.7 Å². The van der Waals surface area contributed by atoms with Crippen molar-refractivity contribution in [3.8, 4) is 0 Å². The van der Waals surface area contributed by atoms with Crippen LogP contribution >= 0.6 is 0 Å². The first-order chi connectivity index (χ1) is 5.92. The first-order valence-corrected chi connectivity index (χ1v) is 5.22. The van der Waals surface area contributed by atoms with E-state index in [1.54, 1.807) is 6.92 Å². The highest BCUT2D eigenvalue weighted by Crippen LogP contribution is 2.38. The van der Waals surface area contributed by atoms with Crippen LogP contribution in [0.5, 0.6) is 0 Å². The summed E-state index contributed by atoms with van der Waals surface area (Å²) in [6, 6.07) is -0.272. The molecule has 76 valence electrons. The molecule has 1 aliphatic rings. The number of carbonyl (C=O) groups is 1. The van der Waals surface area contributed by atoms with Crippen molar-refractivity contribution in [1.82, 2.24) is 0 Å². The van der Waals surface area contributed by atoms with Gasteiger partial charge >= 0.3 is 0 Å². The Labute approximate surface area is 80.9 Å². The van der Waals surface area contributed by atoms with Gasteiger partial charge in [-0.15, -0.1) is 0 Å². The zero-order valence-electron chi connectivity index (χ0n) is 8.97. The maximum absolute atomic E-state index is 11.6. The van der Waals surface area contributed by atoms with Gasteiger partial charge in [0, 0.05) is 5.92 Å². The number of hydrogen-bond acceptors (Lipinski definition) is 2. The molecule has 1 unspecified atom stereocenters. The molecule has 0 saturated heterocycles. The van der Waals surface area contributed by atoms with Crippen molar-refractivity contribution in [3.63, 3.8) is 0 Å². The van der Waals surface area contributed by atoms with E-state index >= 15 is 0 Å². The molecule has 2 N–H and O–H groups in total. The van der Waals surface area contributed by atoms with Crippen LogP contribution in [0.25, 0.3) is 0 Å². The summed E-state index contributed by atoms with van der Waals surface area (Å²) in [6.45, 7) is 6.35. The number of nitrogens with two attached hydrogens (primary N) is 1. The lowest BCUT2D eigenvalue weighted by molar-refractivity contribution is -0.125. The monoisotopic (exact) mass is 183 g/mol. The lowest BCUT2D eigenvalue weighted by Gasteiger charge is -2.34. The van der Waals surface area contributed by atoms with Crippen LogP contribution in [0.3, 0.4) is 0 Å². The Kier molecular flexibility index (Phi) is 3.12. The van der Waals surface area contributed by atoms with Crippen molar-refractivity contribution in [2.24, 2.45) is 17.1 Å². The van der Waals surface area contributed by atoms with Gasteiger partial charge < -0.3 is 5.73 Å². The highest BCUT2D eigenvalue weighted by molar-refractivity contribution is 5.85. The number of carbonyl (C=O) groups excluding carboxylic acids is 1. The zero-order chi connectivity index (χ0) is 10.1. The van der Waals surface area contributed by atoms with Gasteiger partial charge in [-0.1, -0.05) is 13.8 Å². The van der Waals surface area contributed by atoms with Gasteiger partial charge in [-0.3, -0.25) is 4.79 Å². The van der Waals surface area contributed by atoms with Crippen molar-refractivity contribution in [2.45, 2.75) is 52.5 Å². The van der Waals surface area contributed by atoms with Crippen molar-refractivity contribution in [3.05, 3.63) is 0 Å². The molecule has 1 aliphatic carbocycles. The Hall–Kier alpha value is -0.370. The topological polar surface area (TPSA) is 43.1 Å². The largest absolute Gasteiger partial charge is 0.322 e. The quantitative estimate of drug-likeness (QED) is 0.712. The molecule has 2 nitrogen and oxygen atoms in total. The molecule has 13 heavy (non-hydrogen) atoms. The molecule has 0 spiro atoms. The Morgan fingerprint density at radius 1 is 1.38 bits per heavy atom. The van der Waals surface area contributed by atoms with Gasteiger partial charge in [-0.25, -0.2) is 0 Å². The summed E-state index contributed by atoms with van der Waals surface area (Å²) >= 11 is 0. The van der Waals surface area contributed by atoms with Crippen molar-refractivity contribution in [1.29, 1.82) is 0 Å². The summed E-state index contributed by atoms with van der Waals surface area (Å²) in [6.07, 6.45) is 4.40. The fraction of sp³-hybridized carbons (Fsp3) is 0.909. The summed E-state index contributed by atoms with van der Waals surface area (Å²) in [5, 5.41) is 0. The van der Waals surface area contributed by atoms with E-state index in [0.29, 0.717) is 5.41 Å². The van der Waals surface area contributed by atoms with Crippen LogP contribution in [0.4, 0.5) is 0 Å². The molecule has 2 heteroatoms. The van der Waals surface area contributed by atoms with Gasteiger partial charge in [-0.05, 0) is 38.0 Å². The first kappa shape index (κ1) is 10.7. The second kappa shape index (κ2) is 3.79. The van der Waals surface area contributed by atoms with Crippen LogP contribution in [0.15, 0.2) is 0 Å². The average molecular weight is 183 g/mol. The van der Waals surface area contributed by atoms with Crippen LogP contribution < -0.4 is 5.73 Å². The van der Waals surface area contributed by atoms with Gasteiger partial charge in [0.15, 0.2) is 5.78 Å². The smallest absolute Gasteiger partial charge is 0.152 e. The Balaban J connectivity index is 2.46. The minimum absolute atomic E-state index is 0.244. The van der Waals surface area contributed by atoms with E-state index in [2.05, 4.69) is 13.8 Å². The lowest BCUT2D eigenvalue weighted by atomic mass is 9.71. The number of rotatable bonds is 2. The normalized spacial score (nSPS) is 25.5. The van der Waals surface area contributed by atoms with Gasteiger partial charge in [0.05, 0.1) is 6.04 Å². The molecule has 0 amide bonds. The van der Waals surface area contributed by atoms with E-state index in [9.17, 15) is 4.79 Å². The Bertz CT molecular complexity index is 186. The molecule has 1 rings (SSSR count). The second-order valence-electron chi connectivity index (χ2n) is 5.13. The molecule has 1 fully saturated rings. The molecule has 0 aromatic carbocycles. The van der Waals surface area contributed by atoms with E-state index in [-0.39, 0.29) is 17.7 Å². The molecule has 1 saturated carbocycles. The predicted molar refractivity (Wildman–Crippen MR) is 54.4 cm³/mol. The fourth-order valence-corrected chi connectivity index (χ4v) is 2.06. The third kappa shape index (κ3) is 2.80. The number of Topliss-reactive ketones (excluding diaryl/α,β-unsaturated/α-hetero) is 1. The van der Waals surface area contributed by atoms with E-state index in [1.807, 2.05) is 0 Å². The molecule has 0 aromatic heterocycles. The summed E-state index contributed by atoms with van der Waals surface area (Å²) in [4.78, 5) is 11.6. The summed E-state index contributed by atoms with van der Waals surface area (Å²) < 4.78 is 0. The molecule has 0 heterocycles. The van der Waals surface area contributed by atoms with E-state index in [4.69, 9.17) is 5.73 Å².